The van der Waals surface area contributed by atoms with Gasteiger partial charge in [0.2, 0.25) is 0 Å². The molecule has 1 N–H and O–H groups in total. The van der Waals surface area contributed by atoms with E-state index in [1.54, 1.807) is 43.3 Å². The molecule has 5 heteroatoms. The van der Waals surface area contributed by atoms with E-state index >= 15 is 0 Å². The van der Waals surface area contributed by atoms with Gasteiger partial charge in [-0.25, -0.2) is 5.01 Å². The van der Waals surface area contributed by atoms with Crippen molar-refractivity contribution >= 4 is 17.6 Å². The number of hydrogen-bond acceptors (Lipinski definition) is 3. The summed E-state index contributed by atoms with van der Waals surface area (Å²) < 4.78 is 0. The third kappa shape index (κ3) is 6.64. The third-order valence-electron chi connectivity index (χ3n) is 4.95. The summed E-state index contributed by atoms with van der Waals surface area (Å²) in [6, 6.07) is 13.9. The summed E-state index contributed by atoms with van der Waals surface area (Å²) in [5.74, 6) is -0.663. The van der Waals surface area contributed by atoms with E-state index in [1.807, 2.05) is 39.0 Å². The van der Waals surface area contributed by atoms with E-state index in [0.717, 1.165) is 24.8 Å². The molecular formula is C26H32N2O3. The molecule has 5 nitrogen and oxygen atoms in total. The largest absolute Gasteiger partial charge is 0.294 e. The van der Waals surface area contributed by atoms with Crippen LogP contribution in [0.5, 0.6) is 0 Å². The molecule has 0 aliphatic carbocycles. The van der Waals surface area contributed by atoms with Crippen molar-refractivity contribution in [3.63, 3.8) is 0 Å². The van der Waals surface area contributed by atoms with Gasteiger partial charge < -0.3 is 0 Å². The first kappa shape index (κ1) is 24.1. The SMILES string of the molecule is C=CCCCc1ccc(C(=O)NN(C(=O)c2ccc(C(=O)CC)cc2)C(C)(C)C)cc1. The van der Waals surface area contributed by atoms with Crippen LogP contribution in [0.2, 0.25) is 0 Å². The fourth-order valence-electron chi connectivity index (χ4n) is 3.09. The zero-order chi connectivity index (χ0) is 23.0. The van der Waals surface area contributed by atoms with Crippen LogP contribution in [0.25, 0.3) is 0 Å². The molecule has 0 saturated carbocycles. The Balaban J connectivity index is 2.15. The van der Waals surface area contributed by atoms with Crippen LogP contribution in [0.3, 0.4) is 0 Å². The fraction of sp³-hybridized carbons (Fsp3) is 0.346. The zero-order valence-corrected chi connectivity index (χ0v) is 18.9. The maximum Gasteiger partial charge on any atom is 0.272 e. The van der Waals surface area contributed by atoms with Crippen LogP contribution in [0.15, 0.2) is 61.2 Å². The highest BCUT2D eigenvalue weighted by Crippen LogP contribution is 2.17. The number of hydrogen-bond donors (Lipinski definition) is 1. The van der Waals surface area contributed by atoms with Gasteiger partial charge in [-0.1, -0.05) is 37.3 Å². The molecule has 0 spiro atoms. The quantitative estimate of drug-likeness (QED) is 0.270. The Morgan fingerprint density at radius 1 is 0.935 bits per heavy atom. The predicted octanol–water partition coefficient (Wildman–Crippen LogP) is 5.37. The van der Waals surface area contributed by atoms with Crippen LogP contribution < -0.4 is 5.43 Å². The zero-order valence-electron chi connectivity index (χ0n) is 18.9. The van der Waals surface area contributed by atoms with E-state index in [-0.39, 0.29) is 17.6 Å². The first-order chi connectivity index (χ1) is 14.7. The molecule has 0 aliphatic rings. The predicted molar refractivity (Wildman–Crippen MR) is 124 cm³/mol. The molecule has 0 aromatic heterocycles. The van der Waals surface area contributed by atoms with Gasteiger partial charge in [0.1, 0.15) is 0 Å². The number of nitrogens with one attached hydrogen (secondary N) is 1. The molecule has 2 aromatic carbocycles. The molecule has 0 fully saturated rings. The van der Waals surface area contributed by atoms with Gasteiger partial charge in [-0.2, -0.15) is 0 Å². The number of amides is 2. The maximum absolute atomic E-state index is 13.1. The lowest BCUT2D eigenvalue weighted by molar-refractivity contribution is 0.0358. The van der Waals surface area contributed by atoms with Crippen LogP contribution in [-0.4, -0.2) is 28.1 Å². The lowest BCUT2D eigenvalue weighted by atomic mass is 10.0. The molecule has 164 valence electrons. The Labute approximate surface area is 185 Å². The van der Waals surface area contributed by atoms with Crippen LogP contribution >= 0.6 is 0 Å². The summed E-state index contributed by atoms with van der Waals surface area (Å²) in [6.45, 7) is 11.1. The molecular weight excluding hydrogens is 388 g/mol. The monoisotopic (exact) mass is 420 g/mol. The van der Waals surface area contributed by atoms with E-state index in [0.29, 0.717) is 23.1 Å². The highest BCUT2D eigenvalue weighted by Gasteiger charge is 2.29. The van der Waals surface area contributed by atoms with E-state index in [9.17, 15) is 14.4 Å². The summed E-state index contributed by atoms with van der Waals surface area (Å²) in [6.07, 6.45) is 5.21. The van der Waals surface area contributed by atoms with Crippen LogP contribution in [0.4, 0.5) is 0 Å². The number of carbonyl (C=O) groups is 3. The Morgan fingerprint density at radius 3 is 2.00 bits per heavy atom. The van der Waals surface area contributed by atoms with Crippen molar-refractivity contribution in [1.82, 2.24) is 10.4 Å². The van der Waals surface area contributed by atoms with Crippen molar-refractivity contribution in [2.45, 2.75) is 58.9 Å². The second-order valence-corrected chi connectivity index (χ2v) is 8.48. The Hall–Kier alpha value is -3.21. The highest BCUT2D eigenvalue weighted by molar-refractivity contribution is 6.01. The van der Waals surface area contributed by atoms with Gasteiger partial charge in [-0.3, -0.25) is 19.8 Å². The van der Waals surface area contributed by atoms with Crippen molar-refractivity contribution in [3.05, 3.63) is 83.4 Å². The molecule has 0 aliphatic heterocycles. The fourth-order valence-corrected chi connectivity index (χ4v) is 3.09. The molecule has 0 saturated heterocycles. The number of aryl methyl sites for hydroxylation is 1. The van der Waals surface area contributed by atoms with Crippen molar-refractivity contribution < 1.29 is 14.4 Å². The van der Waals surface area contributed by atoms with Crippen molar-refractivity contribution in [2.75, 3.05) is 0 Å². The lowest BCUT2D eigenvalue weighted by Crippen LogP contribution is -2.55. The molecule has 0 bridgehead atoms. The molecule has 0 radical (unpaired) electrons. The Morgan fingerprint density at radius 2 is 1.48 bits per heavy atom. The number of Topliss-reactive ketones (excluding diaryl/α,β-unsaturated/α-hetero) is 1. The van der Waals surface area contributed by atoms with Gasteiger partial charge in [0.05, 0.1) is 5.54 Å². The molecule has 0 unspecified atom stereocenters. The third-order valence-corrected chi connectivity index (χ3v) is 4.95. The molecule has 2 rings (SSSR count). The van der Waals surface area contributed by atoms with Crippen LogP contribution in [-0.2, 0) is 6.42 Å². The van der Waals surface area contributed by atoms with E-state index < -0.39 is 5.54 Å². The summed E-state index contributed by atoms with van der Waals surface area (Å²) in [7, 11) is 0. The minimum atomic E-state index is -0.644. The van der Waals surface area contributed by atoms with Crippen molar-refractivity contribution in [3.8, 4) is 0 Å². The standard InChI is InChI=1S/C26H32N2O3/c1-6-8-9-10-19-11-13-21(14-12-19)24(30)27-28(26(3,4)5)25(31)22-17-15-20(16-18-22)23(29)7-2/h6,11-18H,1,7-10H2,2-5H3,(H,27,30). The van der Waals surface area contributed by atoms with Gasteiger partial charge in [-0.15, -0.1) is 6.58 Å². The van der Waals surface area contributed by atoms with Gasteiger partial charge in [-0.05, 0) is 69.9 Å². The minimum absolute atomic E-state index is 0.0212. The van der Waals surface area contributed by atoms with Crippen molar-refractivity contribution in [2.24, 2.45) is 0 Å². The number of hydrazine groups is 1. The Kier molecular flexibility index (Phi) is 8.31. The van der Waals surface area contributed by atoms with E-state index in [2.05, 4.69) is 12.0 Å². The average Bonchev–Trinajstić information content (AvgIpc) is 2.76. The molecule has 0 atom stereocenters. The van der Waals surface area contributed by atoms with Crippen LogP contribution in [0, 0.1) is 0 Å². The molecule has 31 heavy (non-hydrogen) atoms. The Bertz CT molecular complexity index is 923. The maximum atomic E-state index is 13.1. The summed E-state index contributed by atoms with van der Waals surface area (Å²) in [5, 5.41) is 1.34. The minimum Gasteiger partial charge on any atom is -0.294 e. The van der Waals surface area contributed by atoms with Gasteiger partial charge >= 0.3 is 0 Å². The first-order valence-electron chi connectivity index (χ1n) is 10.7. The topological polar surface area (TPSA) is 66.5 Å². The average molecular weight is 421 g/mol. The number of nitrogens with zero attached hydrogens (tertiary/aromatic N) is 1. The van der Waals surface area contributed by atoms with E-state index in [4.69, 9.17) is 0 Å². The van der Waals surface area contributed by atoms with Gasteiger partial charge in [0, 0.05) is 23.1 Å². The van der Waals surface area contributed by atoms with Gasteiger partial charge in [0.25, 0.3) is 11.8 Å². The van der Waals surface area contributed by atoms with Crippen molar-refractivity contribution in [1.29, 1.82) is 0 Å². The number of allylic oxidation sites excluding steroid dienone is 1. The second-order valence-electron chi connectivity index (χ2n) is 8.48. The van der Waals surface area contributed by atoms with E-state index in [1.165, 1.54) is 5.01 Å². The number of unbranched alkanes of at least 4 members (excludes halogenated alkanes) is 1. The second kappa shape index (κ2) is 10.7. The number of carbonyl (C=O) groups excluding carboxylic acids is 3. The molecule has 2 aromatic rings. The summed E-state index contributed by atoms with van der Waals surface area (Å²) in [5.41, 5.74) is 4.73. The number of rotatable bonds is 8. The molecule has 0 heterocycles. The summed E-state index contributed by atoms with van der Waals surface area (Å²) in [4.78, 5) is 37.8. The number of benzene rings is 2. The first-order valence-corrected chi connectivity index (χ1v) is 10.7. The normalized spacial score (nSPS) is 11.0. The molecule has 2 amide bonds. The van der Waals surface area contributed by atoms with Crippen LogP contribution in [0.1, 0.15) is 83.6 Å². The lowest BCUT2D eigenvalue weighted by Gasteiger charge is -2.35. The smallest absolute Gasteiger partial charge is 0.272 e. The summed E-state index contributed by atoms with van der Waals surface area (Å²) >= 11 is 0. The number of ketones is 1. The van der Waals surface area contributed by atoms with Gasteiger partial charge in [0.15, 0.2) is 5.78 Å². The highest BCUT2D eigenvalue weighted by atomic mass is 16.2.